The van der Waals surface area contributed by atoms with Crippen LogP contribution in [-0.2, 0) is 0 Å². The van der Waals surface area contributed by atoms with Crippen LogP contribution in [0.2, 0.25) is 5.02 Å². The summed E-state index contributed by atoms with van der Waals surface area (Å²) >= 11 is 6.40. The Morgan fingerprint density at radius 1 is 1.16 bits per heavy atom. The number of nitrogens with zero attached hydrogens (tertiary/aromatic N) is 5. The number of piperidine rings is 1. The van der Waals surface area contributed by atoms with E-state index in [1.54, 1.807) is 12.4 Å². The van der Waals surface area contributed by atoms with Crippen LogP contribution in [0, 0.1) is 23.2 Å². The van der Waals surface area contributed by atoms with E-state index in [4.69, 9.17) is 16.9 Å². The lowest BCUT2D eigenvalue weighted by Crippen LogP contribution is -2.29. The minimum Gasteiger partial charge on any atom is -0.385 e. The van der Waals surface area contributed by atoms with Crippen molar-refractivity contribution in [3.63, 3.8) is 0 Å². The monoisotopic (exact) mass is 448 g/mol. The van der Waals surface area contributed by atoms with Crippen molar-refractivity contribution >= 4 is 28.9 Å². The van der Waals surface area contributed by atoms with Gasteiger partial charge in [0, 0.05) is 24.0 Å². The molecule has 5 rings (SSSR count). The van der Waals surface area contributed by atoms with Crippen LogP contribution in [0.5, 0.6) is 0 Å². The van der Waals surface area contributed by atoms with E-state index in [0.717, 1.165) is 55.8 Å². The number of rotatable bonds is 7. The van der Waals surface area contributed by atoms with E-state index in [2.05, 4.69) is 37.1 Å². The summed E-state index contributed by atoms with van der Waals surface area (Å²) in [6, 6.07) is 10.7. The van der Waals surface area contributed by atoms with Crippen molar-refractivity contribution < 1.29 is 0 Å². The molecule has 0 spiro atoms. The molecular weight excluding hydrogens is 424 g/mol. The molecule has 3 aromatic rings. The van der Waals surface area contributed by atoms with Crippen LogP contribution in [0.1, 0.15) is 25.3 Å². The molecule has 2 unspecified atom stereocenters. The molecule has 1 aliphatic heterocycles. The average molecular weight is 449 g/mol. The Balaban J connectivity index is 1.25. The van der Waals surface area contributed by atoms with Gasteiger partial charge in [0.05, 0.1) is 46.8 Å². The Kier molecular flexibility index (Phi) is 5.93. The van der Waals surface area contributed by atoms with Crippen molar-refractivity contribution in [1.29, 1.82) is 5.26 Å². The molecular formula is C23H25ClN8. The molecule has 1 saturated heterocycles. The first-order valence-corrected chi connectivity index (χ1v) is 11.4. The zero-order valence-electron chi connectivity index (χ0n) is 17.6. The van der Waals surface area contributed by atoms with Gasteiger partial charge in [0.2, 0.25) is 5.95 Å². The number of hydrogen-bond donors (Lipinski definition) is 3. The molecule has 1 saturated carbocycles. The van der Waals surface area contributed by atoms with Crippen molar-refractivity contribution in [1.82, 2.24) is 25.1 Å². The Bertz CT molecular complexity index is 1110. The Morgan fingerprint density at radius 3 is 2.72 bits per heavy atom. The molecule has 1 aromatic carbocycles. The Morgan fingerprint density at radius 2 is 1.97 bits per heavy atom. The summed E-state index contributed by atoms with van der Waals surface area (Å²) in [6.07, 6.45) is 8.57. The van der Waals surface area contributed by atoms with Crippen LogP contribution in [0.25, 0.3) is 11.3 Å². The minimum atomic E-state index is 0.208. The second kappa shape index (κ2) is 9.15. The van der Waals surface area contributed by atoms with Gasteiger partial charge >= 0.3 is 0 Å². The maximum absolute atomic E-state index is 8.92. The van der Waals surface area contributed by atoms with Crippen LogP contribution < -0.4 is 16.0 Å². The molecule has 8 nitrogen and oxygen atoms in total. The van der Waals surface area contributed by atoms with Crippen LogP contribution in [0.4, 0.5) is 17.3 Å². The minimum absolute atomic E-state index is 0.208. The SMILES string of the molecule is N#CC1CC1CNc1ccc(-c2nc(Nc3cnn(C4CCNCC4)c3)ncc2Cl)cc1. The molecule has 3 heterocycles. The van der Waals surface area contributed by atoms with E-state index in [1.165, 1.54) is 0 Å². The van der Waals surface area contributed by atoms with Crippen molar-refractivity contribution in [2.75, 3.05) is 30.3 Å². The average Bonchev–Trinajstić information content (AvgIpc) is 3.45. The summed E-state index contributed by atoms with van der Waals surface area (Å²) in [5.74, 6) is 1.15. The molecule has 9 heteroatoms. The highest BCUT2D eigenvalue weighted by atomic mass is 35.5. The molecule has 0 radical (unpaired) electrons. The highest BCUT2D eigenvalue weighted by Crippen LogP contribution is 2.37. The Hall–Kier alpha value is -3.15. The molecule has 3 N–H and O–H groups in total. The lowest BCUT2D eigenvalue weighted by molar-refractivity contribution is 0.343. The molecule has 2 fully saturated rings. The highest BCUT2D eigenvalue weighted by Gasteiger charge is 2.36. The van der Waals surface area contributed by atoms with Crippen molar-refractivity contribution in [3.8, 4) is 17.3 Å². The van der Waals surface area contributed by atoms with E-state index in [-0.39, 0.29) is 5.92 Å². The zero-order chi connectivity index (χ0) is 21.9. The van der Waals surface area contributed by atoms with Gasteiger partial charge in [0.1, 0.15) is 0 Å². The van der Waals surface area contributed by atoms with E-state index in [0.29, 0.717) is 28.6 Å². The third-order valence-corrected chi connectivity index (χ3v) is 6.38. The maximum atomic E-state index is 8.92. The van der Waals surface area contributed by atoms with Gasteiger partial charge in [-0.25, -0.2) is 9.97 Å². The number of nitriles is 1. The van der Waals surface area contributed by atoms with Crippen molar-refractivity contribution in [2.45, 2.75) is 25.3 Å². The normalized spacial score (nSPS) is 20.5. The first-order valence-electron chi connectivity index (χ1n) is 11.0. The third-order valence-electron chi connectivity index (χ3n) is 6.10. The molecule has 32 heavy (non-hydrogen) atoms. The fraction of sp³-hybridized carbons (Fsp3) is 0.391. The second-order valence-electron chi connectivity index (χ2n) is 8.39. The van der Waals surface area contributed by atoms with E-state index in [9.17, 15) is 0 Å². The number of benzene rings is 1. The molecule has 2 aromatic heterocycles. The van der Waals surface area contributed by atoms with Gasteiger partial charge in [-0.05, 0) is 50.4 Å². The molecule has 164 valence electrons. The summed E-state index contributed by atoms with van der Waals surface area (Å²) in [7, 11) is 0. The van der Waals surface area contributed by atoms with Crippen molar-refractivity contribution in [3.05, 3.63) is 47.9 Å². The van der Waals surface area contributed by atoms with E-state index in [1.807, 2.05) is 35.1 Å². The van der Waals surface area contributed by atoms with Gasteiger partial charge in [0.15, 0.2) is 0 Å². The summed E-state index contributed by atoms with van der Waals surface area (Å²) in [6.45, 7) is 2.86. The summed E-state index contributed by atoms with van der Waals surface area (Å²) < 4.78 is 2.02. The predicted octanol–water partition coefficient (Wildman–Crippen LogP) is 4.23. The largest absolute Gasteiger partial charge is 0.385 e. The molecule has 1 aliphatic carbocycles. The fourth-order valence-corrected chi connectivity index (χ4v) is 4.26. The second-order valence-corrected chi connectivity index (χ2v) is 8.80. The number of anilines is 3. The number of aromatic nitrogens is 4. The van der Waals surface area contributed by atoms with Crippen LogP contribution in [0.3, 0.4) is 0 Å². The fourth-order valence-electron chi connectivity index (χ4n) is 4.06. The van der Waals surface area contributed by atoms with Crippen LogP contribution in [0.15, 0.2) is 42.9 Å². The smallest absolute Gasteiger partial charge is 0.227 e. The number of nitrogens with one attached hydrogen (secondary N) is 3. The zero-order valence-corrected chi connectivity index (χ0v) is 18.4. The summed E-state index contributed by atoms with van der Waals surface area (Å²) in [5, 5.41) is 23.9. The first kappa shape index (κ1) is 20.7. The number of halogens is 1. The van der Waals surface area contributed by atoms with Crippen molar-refractivity contribution in [2.24, 2.45) is 11.8 Å². The predicted molar refractivity (Wildman–Crippen MR) is 125 cm³/mol. The molecule has 2 aliphatic rings. The van der Waals surface area contributed by atoms with Gasteiger partial charge in [0.25, 0.3) is 0 Å². The van der Waals surface area contributed by atoms with Gasteiger partial charge in [-0.15, -0.1) is 0 Å². The maximum Gasteiger partial charge on any atom is 0.227 e. The molecule has 0 amide bonds. The lowest BCUT2D eigenvalue weighted by atomic mass is 10.1. The van der Waals surface area contributed by atoms with Gasteiger partial charge in [-0.3, -0.25) is 4.68 Å². The lowest BCUT2D eigenvalue weighted by Gasteiger charge is -2.22. The summed E-state index contributed by atoms with van der Waals surface area (Å²) in [4.78, 5) is 8.97. The Labute approximate surface area is 192 Å². The molecule has 0 bridgehead atoms. The van der Waals surface area contributed by atoms with Gasteiger partial charge in [-0.2, -0.15) is 10.4 Å². The standard InChI is InChI=1S/C23H25ClN8/c24-21-13-28-23(30-19-12-29-32(14-19)20-5-7-26-8-6-20)31-22(21)15-1-3-18(4-2-15)27-11-17-9-16(17)10-25/h1-4,12-14,16-17,20,26-27H,5-9,11H2,(H,28,30,31). The summed E-state index contributed by atoms with van der Waals surface area (Å²) in [5.41, 5.74) is 3.46. The van der Waals surface area contributed by atoms with E-state index >= 15 is 0 Å². The van der Waals surface area contributed by atoms with Crippen LogP contribution >= 0.6 is 11.6 Å². The quantitative estimate of drug-likeness (QED) is 0.496. The topological polar surface area (TPSA) is 103 Å². The van der Waals surface area contributed by atoms with Gasteiger partial charge in [-0.1, -0.05) is 23.7 Å². The molecule has 2 atom stereocenters. The first-order chi connectivity index (χ1) is 15.7. The van der Waals surface area contributed by atoms with Gasteiger partial charge < -0.3 is 16.0 Å². The van der Waals surface area contributed by atoms with E-state index < -0.39 is 0 Å². The number of hydrogen-bond acceptors (Lipinski definition) is 7. The van der Waals surface area contributed by atoms with Crippen LogP contribution in [-0.4, -0.2) is 39.4 Å². The highest BCUT2D eigenvalue weighted by molar-refractivity contribution is 6.32. The third kappa shape index (κ3) is 4.69.